The molecule has 32 heavy (non-hydrogen) atoms. The van der Waals surface area contributed by atoms with Crippen LogP contribution in [0.3, 0.4) is 0 Å². The minimum atomic E-state index is -0.384. The molecule has 0 aliphatic carbocycles. The van der Waals surface area contributed by atoms with Crippen LogP contribution >= 0.6 is 0 Å². The van der Waals surface area contributed by atoms with Gasteiger partial charge in [-0.25, -0.2) is 4.79 Å². The van der Waals surface area contributed by atoms with E-state index in [1.54, 1.807) is 24.3 Å². The summed E-state index contributed by atoms with van der Waals surface area (Å²) in [5.41, 5.74) is 3.78. The van der Waals surface area contributed by atoms with Gasteiger partial charge in [0, 0.05) is 6.61 Å². The van der Waals surface area contributed by atoms with Crippen molar-refractivity contribution in [2.75, 3.05) is 6.61 Å². The number of hydrogen-bond donors (Lipinski definition) is 0. The highest BCUT2D eigenvalue weighted by Crippen LogP contribution is 2.25. The molecule has 0 aromatic heterocycles. The smallest absolute Gasteiger partial charge is 0.343 e. The van der Waals surface area contributed by atoms with Crippen molar-refractivity contribution in [1.82, 2.24) is 0 Å². The Morgan fingerprint density at radius 3 is 1.91 bits per heavy atom. The summed E-state index contributed by atoms with van der Waals surface area (Å²) in [7, 11) is 0. The normalized spacial score (nSPS) is 12.8. The minimum absolute atomic E-state index is 0.0755. The summed E-state index contributed by atoms with van der Waals surface area (Å²) in [5, 5.41) is 0. The van der Waals surface area contributed by atoms with Gasteiger partial charge >= 0.3 is 5.97 Å². The SMILES string of the molecule is CCCC(C)Oc1ccc(OC(=O)c2ccc(-c3ccc(C(C)OCC)cc3)cc2)cc1. The average Bonchev–Trinajstić information content (AvgIpc) is 2.81. The molecule has 4 nitrogen and oxygen atoms in total. The first-order valence-electron chi connectivity index (χ1n) is 11.3. The summed E-state index contributed by atoms with van der Waals surface area (Å²) in [6, 6.07) is 22.9. The Hall–Kier alpha value is -3.11. The second kappa shape index (κ2) is 11.5. The van der Waals surface area contributed by atoms with Gasteiger partial charge in [0.25, 0.3) is 0 Å². The van der Waals surface area contributed by atoms with E-state index in [0.717, 1.165) is 35.3 Å². The molecule has 0 saturated carbocycles. The van der Waals surface area contributed by atoms with Crippen LogP contribution in [0.4, 0.5) is 0 Å². The molecule has 2 atom stereocenters. The topological polar surface area (TPSA) is 44.8 Å². The number of carbonyl (C=O) groups is 1. The van der Waals surface area contributed by atoms with E-state index in [2.05, 4.69) is 38.1 Å². The van der Waals surface area contributed by atoms with Crippen molar-refractivity contribution in [3.63, 3.8) is 0 Å². The largest absolute Gasteiger partial charge is 0.491 e. The summed E-state index contributed by atoms with van der Waals surface area (Å²) in [6.07, 6.45) is 2.32. The number of benzene rings is 3. The first kappa shape index (κ1) is 23.6. The van der Waals surface area contributed by atoms with Gasteiger partial charge in [0.15, 0.2) is 0 Å². The summed E-state index contributed by atoms with van der Waals surface area (Å²) in [4.78, 5) is 12.5. The molecule has 0 amide bonds. The van der Waals surface area contributed by atoms with Gasteiger partial charge in [-0.05, 0) is 80.3 Å². The fraction of sp³-hybridized carbons (Fsp3) is 0.321. The fourth-order valence-electron chi connectivity index (χ4n) is 3.54. The van der Waals surface area contributed by atoms with Crippen LogP contribution in [0.2, 0.25) is 0 Å². The standard InChI is InChI=1S/C28H32O4/c1-5-7-20(3)31-26-16-18-27(19-17-26)32-28(29)25-14-12-24(13-15-25)23-10-8-22(9-11-23)21(4)30-6-2/h8-21H,5-7H2,1-4H3. The number of rotatable bonds is 10. The zero-order valence-electron chi connectivity index (χ0n) is 19.3. The highest BCUT2D eigenvalue weighted by atomic mass is 16.5. The van der Waals surface area contributed by atoms with E-state index in [9.17, 15) is 4.79 Å². The fourth-order valence-corrected chi connectivity index (χ4v) is 3.54. The van der Waals surface area contributed by atoms with Gasteiger partial charge < -0.3 is 14.2 Å². The minimum Gasteiger partial charge on any atom is -0.491 e. The first-order chi connectivity index (χ1) is 15.5. The van der Waals surface area contributed by atoms with Crippen LogP contribution in [0.1, 0.15) is 62.6 Å². The number of carbonyl (C=O) groups excluding carboxylic acids is 1. The van der Waals surface area contributed by atoms with E-state index in [0.29, 0.717) is 17.9 Å². The Balaban J connectivity index is 1.60. The second-order valence-corrected chi connectivity index (χ2v) is 7.87. The molecule has 0 radical (unpaired) electrons. The van der Waals surface area contributed by atoms with Gasteiger partial charge in [-0.15, -0.1) is 0 Å². The van der Waals surface area contributed by atoms with Crippen molar-refractivity contribution in [2.45, 2.75) is 52.7 Å². The van der Waals surface area contributed by atoms with Crippen molar-refractivity contribution < 1.29 is 19.0 Å². The Morgan fingerprint density at radius 1 is 0.781 bits per heavy atom. The summed E-state index contributed by atoms with van der Waals surface area (Å²) >= 11 is 0. The lowest BCUT2D eigenvalue weighted by molar-refractivity contribution is 0.0734. The summed E-state index contributed by atoms with van der Waals surface area (Å²) < 4.78 is 17.0. The van der Waals surface area contributed by atoms with E-state index in [1.807, 2.05) is 38.1 Å². The zero-order chi connectivity index (χ0) is 22.9. The van der Waals surface area contributed by atoms with E-state index in [4.69, 9.17) is 14.2 Å². The lowest BCUT2D eigenvalue weighted by Gasteiger charge is -2.14. The summed E-state index contributed by atoms with van der Waals surface area (Å²) in [6.45, 7) is 8.92. The van der Waals surface area contributed by atoms with Gasteiger partial charge in [-0.3, -0.25) is 0 Å². The third-order valence-corrected chi connectivity index (χ3v) is 5.32. The molecule has 4 heteroatoms. The van der Waals surface area contributed by atoms with E-state index in [1.165, 1.54) is 0 Å². The Bertz CT molecular complexity index is 975. The van der Waals surface area contributed by atoms with Gasteiger partial charge in [-0.2, -0.15) is 0 Å². The molecule has 0 N–H and O–H groups in total. The summed E-state index contributed by atoms with van der Waals surface area (Å²) in [5.74, 6) is 0.885. The number of esters is 1. The zero-order valence-corrected chi connectivity index (χ0v) is 19.3. The van der Waals surface area contributed by atoms with E-state index < -0.39 is 0 Å². The van der Waals surface area contributed by atoms with Crippen LogP contribution in [-0.4, -0.2) is 18.7 Å². The van der Waals surface area contributed by atoms with Crippen molar-refractivity contribution >= 4 is 5.97 Å². The molecule has 3 rings (SSSR count). The van der Waals surface area contributed by atoms with Gasteiger partial charge in [0.2, 0.25) is 0 Å². The highest BCUT2D eigenvalue weighted by Gasteiger charge is 2.11. The Kier molecular flexibility index (Phi) is 8.46. The maximum Gasteiger partial charge on any atom is 0.343 e. The quantitative estimate of drug-likeness (QED) is 0.250. The Labute approximate surface area is 191 Å². The lowest BCUT2D eigenvalue weighted by atomic mass is 10.0. The van der Waals surface area contributed by atoms with Crippen LogP contribution in [0.5, 0.6) is 11.5 Å². The molecule has 0 bridgehead atoms. The number of hydrogen-bond acceptors (Lipinski definition) is 4. The molecule has 0 aliphatic rings. The van der Waals surface area contributed by atoms with Crippen LogP contribution in [0, 0.1) is 0 Å². The molecule has 0 heterocycles. The van der Waals surface area contributed by atoms with Crippen LogP contribution in [0.15, 0.2) is 72.8 Å². The average molecular weight is 433 g/mol. The Morgan fingerprint density at radius 2 is 1.34 bits per heavy atom. The molecular formula is C28H32O4. The van der Waals surface area contributed by atoms with Crippen molar-refractivity contribution in [1.29, 1.82) is 0 Å². The molecule has 0 saturated heterocycles. The van der Waals surface area contributed by atoms with E-state index >= 15 is 0 Å². The van der Waals surface area contributed by atoms with Gasteiger partial charge in [0.05, 0.1) is 17.8 Å². The second-order valence-electron chi connectivity index (χ2n) is 7.87. The third kappa shape index (κ3) is 6.44. The monoisotopic (exact) mass is 432 g/mol. The van der Waals surface area contributed by atoms with E-state index in [-0.39, 0.29) is 18.2 Å². The van der Waals surface area contributed by atoms with Crippen molar-refractivity contribution in [2.24, 2.45) is 0 Å². The maximum atomic E-state index is 12.5. The predicted molar refractivity (Wildman–Crippen MR) is 128 cm³/mol. The number of ether oxygens (including phenoxy) is 3. The van der Waals surface area contributed by atoms with Crippen LogP contribution in [-0.2, 0) is 4.74 Å². The van der Waals surface area contributed by atoms with Gasteiger partial charge in [0.1, 0.15) is 11.5 Å². The first-order valence-corrected chi connectivity index (χ1v) is 11.3. The molecule has 3 aromatic rings. The molecule has 3 aromatic carbocycles. The molecular weight excluding hydrogens is 400 g/mol. The van der Waals surface area contributed by atoms with Crippen molar-refractivity contribution in [3.8, 4) is 22.6 Å². The molecule has 2 unspecified atom stereocenters. The van der Waals surface area contributed by atoms with Crippen LogP contribution in [0.25, 0.3) is 11.1 Å². The van der Waals surface area contributed by atoms with Gasteiger partial charge in [-0.1, -0.05) is 49.7 Å². The molecule has 0 spiro atoms. The van der Waals surface area contributed by atoms with Crippen molar-refractivity contribution in [3.05, 3.63) is 83.9 Å². The molecule has 0 aliphatic heterocycles. The molecule has 0 fully saturated rings. The molecule has 168 valence electrons. The lowest BCUT2D eigenvalue weighted by Crippen LogP contribution is -2.11. The highest BCUT2D eigenvalue weighted by molar-refractivity contribution is 5.91. The predicted octanol–water partition coefficient (Wildman–Crippen LogP) is 7.24. The third-order valence-electron chi connectivity index (χ3n) is 5.32. The van der Waals surface area contributed by atoms with Crippen LogP contribution < -0.4 is 9.47 Å². The maximum absolute atomic E-state index is 12.5.